The number of hydrogen-bond donors (Lipinski definition) is 0. The molecule has 8 heteroatoms. The highest BCUT2D eigenvalue weighted by Crippen LogP contribution is 2.30. The summed E-state index contributed by atoms with van der Waals surface area (Å²) in [5.74, 6) is -0.0339. The average Bonchev–Trinajstić information content (AvgIpc) is 3.26. The fourth-order valence-electron chi connectivity index (χ4n) is 2.61. The van der Waals surface area contributed by atoms with Crippen molar-refractivity contribution in [3.05, 3.63) is 41.5 Å². The number of nitrogens with zero attached hydrogens (tertiary/aromatic N) is 3. The van der Waals surface area contributed by atoms with Crippen molar-refractivity contribution in [2.45, 2.75) is 13.0 Å². The number of methoxy groups -OCH3 is 2. The summed E-state index contributed by atoms with van der Waals surface area (Å²) in [6.07, 6.45) is 1.80. The van der Waals surface area contributed by atoms with Crippen LogP contribution in [-0.2, 0) is 9.53 Å². The Morgan fingerprint density at radius 1 is 1.27 bits per heavy atom. The van der Waals surface area contributed by atoms with Gasteiger partial charge in [-0.05, 0) is 19.1 Å². The van der Waals surface area contributed by atoms with Crippen molar-refractivity contribution in [2.75, 3.05) is 21.3 Å². The standard InChI is InChI=1S/C18H19N3O4S/c1-11(17(23)25-4)20(2)16(22)14-10-26-18-19-13(9-21(14)18)12-7-5-6-8-15(12)24-3/h5-11H,1-4H3/t11-/m0/s1. The first-order chi connectivity index (χ1) is 12.5. The lowest BCUT2D eigenvalue weighted by Crippen LogP contribution is -2.41. The van der Waals surface area contributed by atoms with Gasteiger partial charge in [0, 0.05) is 24.2 Å². The van der Waals surface area contributed by atoms with Gasteiger partial charge in [-0.15, -0.1) is 11.3 Å². The van der Waals surface area contributed by atoms with E-state index in [1.165, 1.54) is 23.3 Å². The van der Waals surface area contributed by atoms with Crippen molar-refractivity contribution in [3.63, 3.8) is 0 Å². The number of hydrogen-bond acceptors (Lipinski definition) is 6. The van der Waals surface area contributed by atoms with E-state index in [-0.39, 0.29) is 5.91 Å². The number of fused-ring (bicyclic) bond motifs is 1. The molecule has 3 aromatic rings. The predicted octanol–water partition coefficient (Wildman–Crippen LogP) is 2.70. The molecule has 0 saturated carbocycles. The Bertz CT molecular complexity index is 962. The Morgan fingerprint density at radius 3 is 2.69 bits per heavy atom. The molecule has 3 rings (SSSR count). The minimum atomic E-state index is -0.681. The van der Waals surface area contributed by atoms with Gasteiger partial charge in [0.25, 0.3) is 5.91 Å². The zero-order valence-corrected chi connectivity index (χ0v) is 15.7. The number of benzene rings is 1. The molecule has 0 saturated heterocycles. The fourth-order valence-corrected chi connectivity index (χ4v) is 3.46. The summed E-state index contributed by atoms with van der Waals surface area (Å²) in [6, 6.07) is 6.89. The largest absolute Gasteiger partial charge is 0.496 e. The highest BCUT2D eigenvalue weighted by Gasteiger charge is 2.26. The van der Waals surface area contributed by atoms with Crippen LogP contribution in [0.3, 0.4) is 0 Å². The molecule has 136 valence electrons. The number of aromatic nitrogens is 2. The summed E-state index contributed by atoms with van der Waals surface area (Å²) in [5, 5.41) is 1.73. The lowest BCUT2D eigenvalue weighted by Gasteiger charge is -2.22. The first kappa shape index (κ1) is 17.9. The molecule has 1 amide bonds. The van der Waals surface area contributed by atoms with E-state index >= 15 is 0 Å². The van der Waals surface area contributed by atoms with Crippen LogP contribution in [0.4, 0.5) is 0 Å². The van der Waals surface area contributed by atoms with E-state index < -0.39 is 12.0 Å². The first-order valence-corrected chi connectivity index (χ1v) is 8.80. The topological polar surface area (TPSA) is 73.1 Å². The van der Waals surface area contributed by atoms with E-state index in [9.17, 15) is 9.59 Å². The van der Waals surface area contributed by atoms with Gasteiger partial charge >= 0.3 is 5.97 Å². The summed E-state index contributed by atoms with van der Waals surface area (Å²) in [7, 11) is 4.48. The van der Waals surface area contributed by atoms with Crippen LogP contribution in [0.1, 0.15) is 17.4 Å². The predicted molar refractivity (Wildman–Crippen MR) is 98.6 cm³/mol. The molecule has 0 bridgehead atoms. The highest BCUT2D eigenvalue weighted by atomic mass is 32.1. The average molecular weight is 373 g/mol. The SMILES string of the molecule is COC(=O)[C@H](C)N(C)C(=O)c1csc2nc(-c3ccccc3OC)cn12. The van der Waals surface area contributed by atoms with Crippen molar-refractivity contribution < 1.29 is 19.1 Å². The molecule has 0 fully saturated rings. The number of thiazole rings is 1. The summed E-state index contributed by atoms with van der Waals surface area (Å²) in [6.45, 7) is 1.63. The highest BCUT2D eigenvalue weighted by molar-refractivity contribution is 7.15. The molecule has 1 atom stereocenters. The second kappa shape index (κ2) is 7.17. The summed E-state index contributed by atoms with van der Waals surface area (Å²) in [5.41, 5.74) is 2.00. The number of para-hydroxylation sites is 1. The molecular weight excluding hydrogens is 354 g/mol. The number of likely N-dealkylation sites (N-methyl/N-ethyl adjacent to an activating group) is 1. The van der Waals surface area contributed by atoms with Crippen molar-refractivity contribution >= 4 is 28.2 Å². The first-order valence-electron chi connectivity index (χ1n) is 7.93. The number of ether oxygens (including phenoxy) is 2. The van der Waals surface area contributed by atoms with Crippen molar-refractivity contribution in [1.82, 2.24) is 14.3 Å². The van der Waals surface area contributed by atoms with Gasteiger partial charge in [0.2, 0.25) is 0 Å². The van der Waals surface area contributed by atoms with Crippen molar-refractivity contribution in [2.24, 2.45) is 0 Å². The fraction of sp³-hybridized carbons (Fsp3) is 0.278. The van der Waals surface area contributed by atoms with Gasteiger partial charge in [-0.25, -0.2) is 9.78 Å². The Balaban J connectivity index is 1.98. The number of carbonyl (C=O) groups is 2. The van der Waals surface area contributed by atoms with Crippen LogP contribution >= 0.6 is 11.3 Å². The van der Waals surface area contributed by atoms with Crippen LogP contribution in [0.15, 0.2) is 35.8 Å². The summed E-state index contributed by atoms with van der Waals surface area (Å²) in [4.78, 5) is 31.1. The number of carbonyl (C=O) groups excluding carboxylic acids is 2. The van der Waals surface area contributed by atoms with E-state index in [2.05, 4.69) is 4.98 Å². The van der Waals surface area contributed by atoms with E-state index in [0.717, 1.165) is 5.56 Å². The summed E-state index contributed by atoms with van der Waals surface area (Å²) < 4.78 is 11.8. The number of esters is 1. The van der Waals surface area contributed by atoms with Crippen LogP contribution in [0, 0.1) is 0 Å². The molecule has 1 aromatic carbocycles. The summed E-state index contributed by atoms with van der Waals surface area (Å²) >= 11 is 1.36. The third kappa shape index (κ3) is 3.03. The van der Waals surface area contributed by atoms with E-state index in [4.69, 9.17) is 9.47 Å². The van der Waals surface area contributed by atoms with Gasteiger partial charge in [-0.1, -0.05) is 12.1 Å². The molecule has 0 spiro atoms. The molecule has 0 radical (unpaired) electrons. The van der Waals surface area contributed by atoms with Crippen LogP contribution in [-0.4, -0.2) is 53.5 Å². The third-order valence-electron chi connectivity index (χ3n) is 4.25. The third-order valence-corrected chi connectivity index (χ3v) is 5.09. The van der Waals surface area contributed by atoms with Crippen LogP contribution < -0.4 is 4.74 Å². The maximum atomic E-state index is 12.8. The van der Waals surface area contributed by atoms with E-state index in [1.54, 1.807) is 37.1 Å². The minimum Gasteiger partial charge on any atom is -0.496 e. The van der Waals surface area contributed by atoms with Crippen LogP contribution in [0.25, 0.3) is 16.2 Å². The quantitative estimate of drug-likeness (QED) is 0.643. The molecule has 7 nitrogen and oxygen atoms in total. The van der Waals surface area contributed by atoms with Crippen molar-refractivity contribution in [1.29, 1.82) is 0 Å². The van der Waals surface area contributed by atoms with E-state index in [0.29, 0.717) is 22.1 Å². The monoisotopic (exact) mass is 373 g/mol. The lowest BCUT2D eigenvalue weighted by molar-refractivity contribution is -0.144. The van der Waals surface area contributed by atoms with Crippen LogP contribution in [0.5, 0.6) is 5.75 Å². The molecule has 0 aliphatic heterocycles. The van der Waals surface area contributed by atoms with Gasteiger partial charge in [0.05, 0.1) is 19.9 Å². The molecule has 0 aliphatic rings. The Morgan fingerprint density at radius 2 is 2.00 bits per heavy atom. The second-order valence-corrected chi connectivity index (χ2v) is 6.55. The number of amides is 1. The van der Waals surface area contributed by atoms with Gasteiger partial charge in [0.1, 0.15) is 17.5 Å². The normalized spacial score (nSPS) is 12.0. The van der Waals surface area contributed by atoms with Gasteiger partial charge in [-0.2, -0.15) is 0 Å². The van der Waals surface area contributed by atoms with Crippen molar-refractivity contribution in [3.8, 4) is 17.0 Å². The zero-order valence-electron chi connectivity index (χ0n) is 14.9. The van der Waals surface area contributed by atoms with Gasteiger partial charge in [-0.3, -0.25) is 9.20 Å². The number of imidazole rings is 1. The smallest absolute Gasteiger partial charge is 0.328 e. The molecule has 0 aliphatic carbocycles. The molecule has 2 heterocycles. The Hall–Kier alpha value is -2.87. The lowest BCUT2D eigenvalue weighted by atomic mass is 10.1. The van der Waals surface area contributed by atoms with E-state index in [1.807, 2.05) is 24.3 Å². The number of rotatable bonds is 5. The Kier molecular flexibility index (Phi) is 4.94. The Labute approximate surface area is 154 Å². The molecule has 0 N–H and O–H groups in total. The zero-order chi connectivity index (χ0) is 18.8. The maximum absolute atomic E-state index is 12.8. The van der Waals surface area contributed by atoms with Gasteiger partial charge in [0.15, 0.2) is 4.96 Å². The maximum Gasteiger partial charge on any atom is 0.328 e. The second-order valence-electron chi connectivity index (χ2n) is 5.72. The minimum absolute atomic E-state index is 0.280. The van der Waals surface area contributed by atoms with Crippen LogP contribution in [0.2, 0.25) is 0 Å². The molecule has 26 heavy (non-hydrogen) atoms. The molecule has 2 aromatic heterocycles. The molecular formula is C18H19N3O4S. The van der Waals surface area contributed by atoms with Gasteiger partial charge < -0.3 is 14.4 Å². The molecule has 0 unspecified atom stereocenters.